The van der Waals surface area contributed by atoms with Crippen molar-refractivity contribution in [2.24, 2.45) is 0 Å². The molecule has 10 nitrogen and oxygen atoms in total. The summed E-state index contributed by atoms with van der Waals surface area (Å²) in [6.45, 7) is 11.5. The number of aryl methyl sites for hydroxylation is 1. The van der Waals surface area contributed by atoms with Crippen LogP contribution in [0, 0.1) is 6.92 Å². The van der Waals surface area contributed by atoms with E-state index >= 15 is 0 Å². The quantitative estimate of drug-likeness (QED) is 0.173. The molecule has 0 saturated carbocycles. The molecule has 3 amide bonds. The second-order valence-electron chi connectivity index (χ2n) is 12.6. The molecule has 2 aromatic carbocycles. The topological polar surface area (TPSA) is 132 Å². The van der Waals surface area contributed by atoms with Gasteiger partial charge in [0, 0.05) is 47.5 Å². The molecule has 0 aliphatic carbocycles. The lowest BCUT2D eigenvalue weighted by Gasteiger charge is -2.27. The number of pyridine rings is 1. The fourth-order valence-electron chi connectivity index (χ4n) is 4.62. The summed E-state index contributed by atoms with van der Waals surface area (Å²) in [6.07, 6.45) is 1.27. The summed E-state index contributed by atoms with van der Waals surface area (Å²) in [5, 5.41) is 10.7. The summed E-state index contributed by atoms with van der Waals surface area (Å²) in [7, 11) is 1.46. The molecule has 0 aliphatic heterocycles. The fourth-order valence-corrected chi connectivity index (χ4v) is 5.34. The van der Waals surface area contributed by atoms with E-state index in [0.29, 0.717) is 17.2 Å². The van der Waals surface area contributed by atoms with Crippen molar-refractivity contribution in [1.29, 1.82) is 0 Å². The lowest BCUT2D eigenvalue weighted by atomic mass is 9.84. The minimum atomic E-state index is -0.964. The summed E-state index contributed by atoms with van der Waals surface area (Å²) >= 11 is 1.30. The SMILES string of the molecule is COCC(NC(=O)c1cccc(C(C)(C)CNC(=O)OC(C)(C)C)c1)C(=O)Nc1nc(-c2cccc(-c3ccnc(C)c3)c2)cs1. The second-order valence-corrected chi connectivity index (χ2v) is 13.5. The van der Waals surface area contributed by atoms with E-state index in [1.807, 2.05) is 68.6 Å². The Bertz CT molecular complexity index is 1690. The van der Waals surface area contributed by atoms with Gasteiger partial charge in [-0.3, -0.25) is 14.6 Å². The number of anilines is 1. The van der Waals surface area contributed by atoms with Crippen LogP contribution in [-0.4, -0.2) is 59.8 Å². The van der Waals surface area contributed by atoms with Crippen LogP contribution in [0.4, 0.5) is 9.93 Å². The molecule has 3 N–H and O–H groups in total. The zero-order valence-corrected chi connectivity index (χ0v) is 28.1. The molecule has 46 heavy (non-hydrogen) atoms. The number of nitrogens with one attached hydrogen (secondary N) is 3. The zero-order chi connectivity index (χ0) is 33.5. The molecule has 4 aromatic rings. The first-order valence-corrected chi connectivity index (χ1v) is 15.8. The van der Waals surface area contributed by atoms with Crippen LogP contribution in [0.2, 0.25) is 0 Å². The van der Waals surface area contributed by atoms with E-state index in [0.717, 1.165) is 33.6 Å². The predicted octanol–water partition coefficient (Wildman–Crippen LogP) is 6.37. The van der Waals surface area contributed by atoms with Gasteiger partial charge in [-0.15, -0.1) is 11.3 Å². The molecule has 11 heteroatoms. The van der Waals surface area contributed by atoms with Crippen LogP contribution in [0.3, 0.4) is 0 Å². The number of rotatable bonds is 11. The molecule has 0 radical (unpaired) electrons. The van der Waals surface area contributed by atoms with Crippen molar-refractivity contribution in [3.63, 3.8) is 0 Å². The molecular formula is C35H41N5O5S. The van der Waals surface area contributed by atoms with E-state index in [2.05, 4.69) is 25.9 Å². The number of thiazole rings is 1. The zero-order valence-electron chi connectivity index (χ0n) is 27.3. The highest BCUT2D eigenvalue weighted by Gasteiger charge is 2.26. The maximum Gasteiger partial charge on any atom is 0.407 e. The molecule has 1 atom stereocenters. The average Bonchev–Trinajstić information content (AvgIpc) is 3.47. The first kappa shape index (κ1) is 34.3. The number of nitrogens with zero attached hydrogens (tertiary/aromatic N) is 2. The highest BCUT2D eigenvalue weighted by Crippen LogP contribution is 2.29. The van der Waals surface area contributed by atoms with Gasteiger partial charge in [-0.2, -0.15) is 0 Å². The van der Waals surface area contributed by atoms with Crippen LogP contribution >= 0.6 is 11.3 Å². The molecule has 242 valence electrons. The van der Waals surface area contributed by atoms with Gasteiger partial charge in [0.15, 0.2) is 5.13 Å². The summed E-state index contributed by atoms with van der Waals surface area (Å²) in [5.74, 6) is -0.881. The van der Waals surface area contributed by atoms with Crippen molar-refractivity contribution < 1.29 is 23.9 Å². The van der Waals surface area contributed by atoms with Crippen LogP contribution < -0.4 is 16.0 Å². The van der Waals surface area contributed by atoms with E-state index in [1.54, 1.807) is 45.2 Å². The Morgan fingerprint density at radius 2 is 1.65 bits per heavy atom. The monoisotopic (exact) mass is 643 g/mol. The molecule has 0 spiro atoms. The minimum absolute atomic E-state index is 0.0335. The number of aromatic nitrogens is 2. The van der Waals surface area contributed by atoms with Gasteiger partial charge in [0.1, 0.15) is 11.6 Å². The van der Waals surface area contributed by atoms with Gasteiger partial charge in [0.05, 0.1) is 12.3 Å². The molecular weight excluding hydrogens is 602 g/mol. The number of carbonyl (C=O) groups is 3. The molecule has 0 bridgehead atoms. The number of carbonyl (C=O) groups excluding carboxylic acids is 3. The highest BCUT2D eigenvalue weighted by molar-refractivity contribution is 7.14. The number of hydrogen-bond donors (Lipinski definition) is 3. The third-order valence-corrected chi connectivity index (χ3v) is 7.82. The van der Waals surface area contributed by atoms with Crippen LogP contribution in [0.5, 0.6) is 0 Å². The number of benzene rings is 2. The Labute approximate surface area is 274 Å². The van der Waals surface area contributed by atoms with Gasteiger partial charge >= 0.3 is 6.09 Å². The van der Waals surface area contributed by atoms with Crippen LogP contribution in [0.1, 0.15) is 56.2 Å². The predicted molar refractivity (Wildman–Crippen MR) is 181 cm³/mol. The molecule has 2 heterocycles. The average molecular weight is 644 g/mol. The lowest BCUT2D eigenvalue weighted by molar-refractivity contribution is -0.119. The summed E-state index contributed by atoms with van der Waals surface area (Å²) in [5.41, 5.74) is 4.76. The van der Waals surface area contributed by atoms with E-state index in [4.69, 9.17) is 9.47 Å². The maximum atomic E-state index is 13.3. The van der Waals surface area contributed by atoms with Gasteiger partial charge in [-0.25, -0.2) is 9.78 Å². The van der Waals surface area contributed by atoms with Gasteiger partial charge in [-0.1, -0.05) is 44.2 Å². The van der Waals surface area contributed by atoms with Crippen molar-refractivity contribution >= 4 is 34.4 Å². The largest absolute Gasteiger partial charge is 0.444 e. The normalized spacial score (nSPS) is 12.2. The van der Waals surface area contributed by atoms with Crippen molar-refractivity contribution in [2.75, 3.05) is 25.6 Å². The number of amides is 3. The second kappa shape index (κ2) is 14.7. The molecule has 0 saturated heterocycles. The van der Waals surface area contributed by atoms with Gasteiger partial charge < -0.3 is 25.4 Å². The first-order chi connectivity index (χ1) is 21.7. The first-order valence-electron chi connectivity index (χ1n) is 14.9. The number of methoxy groups -OCH3 is 1. The lowest BCUT2D eigenvalue weighted by Crippen LogP contribution is -2.46. The smallest absolute Gasteiger partial charge is 0.407 e. The summed E-state index contributed by atoms with van der Waals surface area (Å²) in [6, 6.07) is 18.1. The van der Waals surface area contributed by atoms with Crippen LogP contribution in [-0.2, 0) is 19.7 Å². The third kappa shape index (κ3) is 9.45. The van der Waals surface area contributed by atoms with Crippen molar-refractivity contribution in [1.82, 2.24) is 20.6 Å². The van der Waals surface area contributed by atoms with E-state index < -0.39 is 35.0 Å². The van der Waals surface area contributed by atoms with E-state index in [-0.39, 0.29) is 6.61 Å². The molecule has 1 unspecified atom stereocenters. The Morgan fingerprint density at radius 1 is 0.935 bits per heavy atom. The third-order valence-electron chi connectivity index (χ3n) is 7.06. The Morgan fingerprint density at radius 3 is 2.37 bits per heavy atom. The Balaban J connectivity index is 1.41. The molecule has 2 aromatic heterocycles. The Hall–Kier alpha value is -4.61. The molecule has 0 fully saturated rings. The van der Waals surface area contributed by atoms with Crippen molar-refractivity contribution in [3.8, 4) is 22.4 Å². The van der Waals surface area contributed by atoms with Gasteiger partial charge in [-0.05, 0) is 74.7 Å². The number of alkyl carbamates (subject to hydrolysis) is 1. The summed E-state index contributed by atoms with van der Waals surface area (Å²) < 4.78 is 10.6. The number of ether oxygens (including phenoxy) is 2. The maximum absolute atomic E-state index is 13.3. The van der Waals surface area contributed by atoms with E-state index in [9.17, 15) is 14.4 Å². The Kier molecular flexibility index (Phi) is 10.9. The van der Waals surface area contributed by atoms with Crippen molar-refractivity contribution in [2.45, 2.75) is 58.6 Å². The van der Waals surface area contributed by atoms with E-state index in [1.165, 1.54) is 18.4 Å². The van der Waals surface area contributed by atoms with Crippen LogP contribution in [0.15, 0.2) is 72.2 Å². The molecule has 4 rings (SSSR count). The standard InChI is InChI=1S/C35H41N5O5S/c1-22-16-24(14-15-36-22)23-10-8-11-25(17-23)29-20-46-32(39-29)40-31(42)28(19-44-7)38-30(41)26-12-9-13-27(18-26)35(5,6)21-37-33(43)45-34(2,3)4/h8-18,20,28H,19,21H2,1-7H3,(H,37,43)(H,38,41)(H,39,40,42). The highest BCUT2D eigenvalue weighted by atomic mass is 32.1. The minimum Gasteiger partial charge on any atom is -0.444 e. The molecule has 0 aliphatic rings. The van der Waals surface area contributed by atoms with Crippen LogP contribution in [0.25, 0.3) is 22.4 Å². The van der Waals surface area contributed by atoms with Gasteiger partial charge in [0.25, 0.3) is 11.8 Å². The fraction of sp³-hybridized carbons (Fsp3) is 0.343. The number of hydrogen-bond acceptors (Lipinski definition) is 8. The van der Waals surface area contributed by atoms with Gasteiger partial charge in [0.2, 0.25) is 0 Å². The van der Waals surface area contributed by atoms with Crippen molar-refractivity contribution in [3.05, 3.63) is 89.1 Å². The summed E-state index contributed by atoms with van der Waals surface area (Å²) in [4.78, 5) is 47.6.